The summed E-state index contributed by atoms with van der Waals surface area (Å²) in [5, 5.41) is 6.82. The molecule has 0 amide bonds. The van der Waals surface area contributed by atoms with Gasteiger partial charge in [-0.1, -0.05) is 18.2 Å². The molecule has 0 saturated carbocycles. The Morgan fingerprint density at radius 1 is 1.38 bits per heavy atom. The molecular weight excluding hydrogens is 264 g/mol. The molecule has 1 atom stereocenters. The van der Waals surface area contributed by atoms with Gasteiger partial charge in [-0.05, 0) is 25.0 Å². The van der Waals surface area contributed by atoms with Crippen LogP contribution < -0.4 is 15.5 Å². The van der Waals surface area contributed by atoms with Gasteiger partial charge in [-0.2, -0.15) is 0 Å². The van der Waals surface area contributed by atoms with Gasteiger partial charge in [0.25, 0.3) is 0 Å². The van der Waals surface area contributed by atoms with E-state index in [1.54, 1.807) is 7.11 Å². The lowest BCUT2D eigenvalue weighted by atomic mass is 10.3. The number of anilines is 1. The molecule has 21 heavy (non-hydrogen) atoms. The second-order valence-corrected chi connectivity index (χ2v) is 5.26. The number of benzene rings is 1. The lowest BCUT2D eigenvalue weighted by Gasteiger charge is -2.20. The van der Waals surface area contributed by atoms with Crippen LogP contribution in [0.1, 0.15) is 12.8 Å². The van der Waals surface area contributed by atoms with Crippen molar-refractivity contribution in [3.8, 4) is 0 Å². The van der Waals surface area contributed by atoms with Crippen molar-refractivity contribution in [2.45, 2.75) is 18.9 Å². The zero-order valence-electron chi connectivity index (χ0n) is 13.0. The Bertz CT molecular complexity index is 435. The van der Waals surface area contributed by atoms with Crippen LogP contribution in [0, 0.1) is 0 Å². The molecule has 1 aromatic rings. The van der Waals surface area contributed by atoms with Crippen molar-refractivity contribution in [2.24, 2.45) is 4.99 Å². The van der Waals surface area contributed by atoms with Crippen LogP contribution in [-0.4, -0.2) is 52.4 Å². The van der Waals surface area contributed by atoms with E-state index in [0.717, 1.165) is 45.0 Å². The van der Waals surface area contributed by atoms with E-state index in [2.05, 4.69) is 50.9 Å². The minimum atomic E-state index is 0.443. The van der Waals surface area contributed by atoms with Gasteiger partial charge in [-0.15, -0.1) is 0 Å². The summed E-state index contributed by atoms with van der Waals surface area (Å²) in [5.41, 5.74) is 1.30. The van der Waals surface area contributed by atoms with Gasteiger partial charge in [-0.25, -0.2) is 0 Å². The summed E-state index contributed by atoms with van der Waals surface area (Å²) in [6, 6.07) is 11.0. The van der Waals surface area contributed by atoms with E-state index in [1.165, 1.54) is 5.69 Å². The van der Waals surface area contributed by atoms with E-state index < -0.39 is 0 Å². The molecule has 5 heteroatoms. The number of nitrogens with one attached hydrogen (secondary N) is 2. The summed E-state index contributed by atoms with van der Waals surface area (Å²) in [6.45, 7) is 3.75. The highest BCUT2D eigenvalue weighted by atomic mass is 16.5. The summed E-state index contributed by atoms with van der Waals surface area (Å²) >= 11 is 0. The average molecular weight is 290 g/mol. The van der Waals surface area contributed by atoms with E-state index in [-0.39, 0.29) is 0 Å². The van der Waals surface area contributed by atoms with Gasteiger partial charge in [0, 0.05) is 52.1 Å². The van der Waals surface area contributed by atoms with E-state index in [1.807, 2.05) is 7.05 Å². The maximum Gasteiger partial charge on any atom is 0.191 e. The molecule has 2 rings (SSSR count). The van der Waals surface area contributed by atoms with Gasteiger partial charge in [0.2, 0.25) is 0 Å². The van der Waals surface area contributed by atoms with Crippen molar-refractivity contribution in [3.63, 3.8) is 0 Å². The van der Waals surface area contributed by atoms with Crippen molar-refractivity contribution in [3.05, 3.63) is 30.3 Å². The largest absolute Gasteiger partial charge is 0.385 e. The number of hydrogen-bond acceptors (Lipinski definition) is 3. The summed E-state index contributed by atoms with van der Waals surface area (Å²) in [4.78, 5) is 6.69. The first-order chi connectivity index (χ1) is 10.3. The van der Waals surface area contributed by atoms with Crippen LogP contribution >= 0.6 is 0 Å². The van der Waals surface area contributed by atoms with Gasteiger partial charge in [0.1, 0.15) is 0 Å². The summed E-state index contributed by atoms with van der Waals surface area (Å²) in [5.74, 6) is 0.881. The van der Waals surface area contributed by atoms with Gasteiger partial charge in [-0.3, -0.25) is 4.99 Å². The summed E-state index contributed by atoms with van der Waals surface area (Å²) in [7, 11) is 3.54. The number of methoxy groups -OCH3 is 1. The van der Waals surface area contributed by atoms with Crippen LogP contribution in [0.5, 0.6) is 0 Å². The van der Waals surface area contributed by atoms with E-state index in [0.29, 0.717) is 6.04 Å². The molecule has 1 unspecified atom stereocenters. The zero-order valence-corrected chi connectivity index (χ0v) is 13.0. The third kappa shape index (κ3) is 4.93. The molecule has 1 fully saturated rings. The van der Waals surface area contributed by atoms with Crippen LogP contribution in [0.25, 0.3) is 0 Å². The van der Waals surface area contributed by atoms with Gasteiger partial charge in [0.05, 0.1) is 0 Å². The predicted molar refractivity (Wildman–Crippen MR) is 88.1 cm³/mol. The average Bonchev–Trinajstić information content (AvgIpc) is 3.00. The highest BCUT2D eigenvalue weighted by Gasteiger charge is 2.23. The number of para-hydroxylation sites is 1. The number of aliphatic imine (C=N–C) groups is 1. The number of nitrogens with zero attached hydrogens (tertiary/aromatic N) is 2. The fraction of sp³-hybridized carbons (Fsp3) is 0.562. The molecule has 1 aromatic carbocycles. The third-order valence-corrected chi connectivity index (χ3v) is 3.69. The van der Waals surface area contributed by atoms with E-state index >= 15 is 0 Å². The molecule has 0 bridgehead atoms. The van der Waals surface area contributed by atoms with Crippen molar-refractivity contribution in [1.29, 1.82) is 0 Å². The third-order valence-electron chi connectivity index (χ3n) is 3.69. The van der Waals surface area contributed by atoms with Gasteiger partial charge in [0.15, 0.2) is 5.96 Å². The van der Waals surface area contributed by atoms with Crippen molar-refractivity contribution in [1.82, 2.24) is 10.6 Å². The summed E-state index contributed by atoms with van der Waals surface area (Å²) in [6.07, 6.45) is 2.12. The van der Waals surface area contributed by atoms with Crippen molar-refractivity contribution < 1.29 is 4.74 Å². The smallest absolute Gasteiger partial charge is 0.191 e. The highest BCUT2D eigenvalue weighted by Crippen LogP contribution is 2.19. The molecular formula is C16H26N4O. The zero-order chi connectivity index (χ0) is 14.9. The normalized spacial score (nSPS) is 18.9. The Morgan fingerprint density at radius 2 is 2.19 bits per heavy atom. The molecule has 0 radical (unpaired) electrons. The number of guanidine groups is 1. The van der Waals surface area contributed by atoms with Crippen molar-refractivity contribution >= 4 is 11.6 Å². The molecule has 1 aliphatic rings. The fourth-order valence-electron chi connectivity index (χ4n) is 2.56. The number of hydrogen-bond donors (Lipinski definition) is 2. The maximum atomic E-state index is 5.05. The fourth-order valence-corrected chi connectivity index (χ4v) is 2.56. The van der Waals surface area contributed by atoms with Crippen LogP contribution in [-0.2, 0) is 4.74 Å². The molecule has 0 aromatic heterocycles. The Balaban J connectivity index is 1.76. The first-order valence-corrected chi connectivity index (χ1v) is 7.59. The predicted octanol–water partition coefficient (Wildman–Crippen LogP) is 1.47. The monoisotopic (exact) mass is 290 g/mol. The Labute approximate surface area is 127 Å². The maximum absolute atomic E-state index is 5.05. The molecule has 0 aliphatic carbocycles. The number of rotatable bonds is 6. The molecule has 5 nitrogen and oxygen atoms in total. The van der Waals surface area contributed by atoms with Crippen LogP contribution in [0.4, 0.5) is 5.69 Å². The SMILES string of the molecule is CN=C(NCCCOC)NC1CCN(c2ccccc2)C1. The molecule has 0 spiro atoms. The van der Waals surface area contributed by atoms with Crippen LogP contribution in [0.2, 0.25) is 0 Å². The standard InChI is InChI=1S/C16H26N4O/c1-17-16(18-10-6-12-21-2)19-14-9-11-20(13-14)15-7-4-3-5-8-15/h3-5,7-8,14H,6,9-13H2,1-2H3,(H2,17,18,19). The minimum Gasteiger partial charge on any atom is -0.385 e. The Kier molecular flexibility index (Phi) is 6.34. The van der Waals surface area contributed by atoms with E-state index in [9.17, 15) is 0 Å². The summed E-state index contributed by atoms with van der Waals surface area (Å²) < 4.78 is 5.05. The topological polar surface area (TPSA) is 48.9 Å². The second kappa shape index (κ2) is 8.52. The lowest BCUT2D eigenvalue weighted by molar-refractivity contribution is 0.195. The van der Waals surface area contributed by atoms with Crippen LogP contribution in [0.3, 0.4) is 0 Å². The quantitative estimate of drug-likeness (QED) is 0.473. The Morgan fingerprint density at radius 3 is 2.90 bits per heavy atom. The van der Waals surface area contributed by atoms with Gasteiger partial charge < -0.3 is 20.3 Å². The molecule has 1 saturated heterocycles. The molecule has 1 heterocycles. The first-order valence-electron chi connectivity index (χ1n) is 7.59. The van der Waals surface area contributed by atoms with Gasteiger partial charge >= 0.3 is 0 Å². The minimum absolute atomic E-state index is 0.443. The first kappa shape index (κ1) is 15.6. The molecule has 2 N–H and O–H groups in total. The highest BCUT2D eigenvalue weighted by molar-refractivity contribution is 5.80. The van der Waals surface area contributed by atoms with E-state index in [4.69, 9.17) is 4.74 Å². The lowest BCUT2D eigenvalue weighted by Crippen LogP contribution is -2.45. The van der Waals surface area contributed by atoms with Crippen LogP contribution in [0.15, 0.2) is 35.3 Å². The number of ether oxygens (including phenoxy) is 1. The second-order valence-electron chi connectivity index (χ2n) is 5.26. The molecule has 1 aliphatic heterocycles. The molecule has 116 valence electrons. The Hall–Kier alpha value is -1.75. The van der Waals surface area contributed by atoms with Crippen molar-refractivity contribution in [2.75, 3.05) is 45.3 Å².